The van der Waals surface area contributed by atoms with E-state index in [1.807, 2.05) is 6.07 Å². The predicted molar refractivity (Wildman–Crippen MR) is 108 cm³/mol. The average Bonchev–Trinajstić information content (AvgIpc) is 2.74. The number of anilines is 1. The van der Waals surface area contributed by atoms with Crippen molar-refractivity contribution in [3.8, 4) is 11.5 Å². The molecule has 0 radical (unpaired) electrons. The SMILES string of the molecule is COc1ccc(C(=O)Cc2ccccc2C(=O)Nc2cccc(OC)c2)cc1. The number of hydrogen-bond donors (Lipinski definition) is 1. The Morgan fingerprint density at radius 3 is 2.25 bits per heavy atom. The summed E-state index contributed by atoms with van der Waals surface area (Å²) in [6.45, 7) is 0. The summed E-state index contributed by atoms with van der Waals surface area (Å²) in [7, 11) is 3.15. The van der Waals surface area contributed by atoms with Gasteiger partial charge in [-0.15, -0.1) is 0 Å². The minimum absolute atomic E-state index is 0.0655. The van der Waals surface area contributed by atoms with Gasteiger partial charge >= 0.3 is 0 Å². The van der Waals surface area contributed by atoms with Crippen molar-refractivity contribution in [1.29, 1.82) is 0 Å². The first kappa shape index (κ1) is 19.2. The van der Waals surface area contributed by atoms with Crippen LogP contribution in [0.1, 0.15) is 26.3 Å². The summed E-state index contributed by atoms with van der Waals surface area (Å²) >= 11 is 0. The molecule has 0 bridgehead atoms. The second-order valence-electron chi connectivity index (χ2n) is 6.17. The van der Waals surface area contributed by atoms with Gasteiger partial charge in [-0.3, -0.25) is 9.59 Å². The van der Waals surface area contributed by atoms with Crippen LogP contribution in [0.3, 0.4) is 0 Å². The van der Waals surface area contributed by atoms with Crippen LogP contribution < -0.4 is 14.8 Å². The van der Waals surface area contributed by atoms with Crippen molar-refractivity contribution in [1.82, 2.24) is 0 Å². The lowest BCUT2D eigenvalue weighted by Crippen LogP contribution is -2.16. The summed E-state index contributed by atoms with van der Waals surface area (Å²) in [5.74, 6) is 1.01. The second-order valence-corrected chi connectivity index (χ2v) is 6.17. The number of carbonyl (C=O) groups excluding carboxylic acids is 2. The highest BCUT2D eigenvalue weighted by Gasteiger charge is 2.15. The summed E-state index contributed by atoms with van der Waals surface area (Å²) in [4.78, 5) is 25.4. The largest absolute Gasteiger partial charge is 0.497 e. The third kappa shape index (κ3) is 4.57. The summed E-state index contributed by atoms with van der Waals surface area (Å²) in [5, 5.41) is 2.85. The molecule has 3 rings (SSSR count). The molecule has 0 unspecified atom stereocenters. The molecule has 5 heteroatoms. The molecule has 0 aliphatic heterocycles. The van der Waals surface area contributed by atoms with Crippen molar-refractivity contribution in [3.63, 3.8) is 0 Å². The van der Waals surface area contributed by atoms with Crippen molar-refractivity contribution < 1.29 is 19.1 Å². The molecule has 5 nitrogen and oxygen atoms in total. The number of amides is 1. The van der Waals surface area contributed by atoms with E-state index in [2.05, 4.69) is 5.32 Å². The molecule has 28 heavy (non-hydrogen) atoms. The van der Waals surface area contributed by atoms with Crippen LogP contribution in [0.15, 0.2) is 72.8 Å². The zero-order chi connectivity index (χ0) is 19.9. The highest BCUT2D eigenvalue weighted by Crippen LogP contribution is 2.20. The third-order valence-electron chi connectivity index (χ3n) is 4.35. The van der Waals surface area contributed by atoms with Gasteiger partial charge in [0, 0.05) is 29.3 Å². The summed E-state index contributed by atoms with van der Waals surface area (Å²) < 4.78 is 10.3. The van der Waals surface area contributed by atoms with Crippen LogP contribution in [-0.2, 0) is 6.42 Å². The Balaban J connectivity index is 1.78. The molecule has 0 spiro atoms. The zero-order valence-corrected chi connectivity index (χ0v) is 15.8. The standard InChI is InChI=1S/C23H21NO4/c1-27-19-12-10-16(11-13-19)22(25)14-17-6-3-4-9-21(17)23(26)24-18-7-5-8-20(15-18)28-2/h3-13,15H,14H2,1-2H3,(H,24,26). The minimum Gasteiger partial charge on any atom is -0.497 e. The lowest BCUT2D eigenvalue weighted by Gasteiger charge is -2.11. The lowest BCUT2D eigenvalue weighted by atomic mass is 9.98. The maximum atomic E-state index is 12.8. The number of carbonyl (C=O) groups is 2. The fraction of sp³-hybridized carbons (Fsp3) is 0.130. The van der Waals surface area contributed by atoms with Gasteiger partial charge in [-0.25, -0.2) is 0 Å². The van der Waals surface area contributed by atoms with Gasteiger partial charge in [0.15, 0.2) is 5.78 Å². The average molecular weight is 375 g/mol. The van der Waals surface area contributed by atoms with Crippen LogP contribution in [0.25, 0.3) is 0 Å². The Bertz CT molecular complexity index is 980. The predicted octanol–water partition coefficient (Wildman–Crippen LogP) is 4.38. The van der Waals surface area contributed by atoms with E-state index in [0.29, 0.717) is 33.9 Å². The molecule has 0 aliphatic carbocycles. The maximum absolute atomic E-state index is 12.8. The topological polar surface area (TPSA) is 64.6 Å². The van der Waals surface area contributed by atoms with E-state index in [1.54, 1.807) is 80.9 Å². The third-order valence-corrected chi connectivity index (χ3v) is 4.35. The number of methoxy groups -OCH3 is 2. The molecule has 142 valence electrons. The first-order chi connectivity index (χ1) is 13.6. The number of ether oxygens (including phenoxy) is 2. The number of ketones is 1. The molecular weight excluding hydrogens is 354 g/mol. The quantitative estimate of drug-likeness (QED) is 0.623. The molecule has 0 saturated heterocycles. The van der Waals surface area contributed by atoms with Gasteiger partial charge in [0.05, 0.1) is 14.2 Å². The Kier molecular flexibility index (Phi) is 6.07. The number of hydrogen-bond acceptors (Lipinski definition) is 4. The van der Waals surface area contributed by atoms with E-state index in [-0.39, 0.29) is 18.1 Å². The fourth-order valence-electron chi connectivity index (χ4n) is 2.85. The monoisotopic (exact) mass is 375 g/mol. The molecule has 3 aromatic rings. The van der Waals surface area contributed by atoms with Crippen LogP contribution in [-0.4, -0.2) is 25.9 Å². The van der Waals surface area contributed by atoms with E-state index in [1.165, 1.54) is 0 Å². The van der Waals surface area contributed by atoms with Gasteiger partial charge in [-0.2, -0.15) is 0 Å². The van der Waals surface area contributed by atoms with Crippen LogP contribution >= 0.6 is 0 Å². The Labute approximate surface area is 163 Å². The van der Waals surface area contributed by atoms with Crippen LogP contribution in [0, 0.1) is 0 Å². The van der Waals surface area contributed by atoms with Crippen LogP contribution in [0.2, 0.25) is 0 Å². The first-order valence-electron chi connectivity index (χ1n) is 8.81. The van der Waals surface area contributed by atoms with Gasteiger partial charge in [-0.1, -0.05) is 24.3 Å². The minimum atomic E-state index is -0.272. The summed E-state index contributed by atoms with van der Waals surface area (Å²) in [5.41, 5.74) is 2.33. The number of rotatable bonds is 7. The first-order valence-corrected chi connectivity index (χ1v) is 8.81. The zero-order valence-electron chi connectivity index (χ0n) is 15.8. The van der Waals surface area contributed by atoms with E-state index in [4.69, 9.17) is 9.47 Å². The van der Waals surface area contributed by atoms with Gasteiger partial charge in [-0.05, 0) is 48.0 Å². The van der Waals surface area contributed by atoms with Gasteiger partial charge in [0.25, 0.3) is 5.91 Å². The fourth-order valence-corrected chi connectivity index (χ4v) is 2.85. The Morgan fingerprint density at radius 2 is 1.54 bits per heavy atom. The lowest BCUT2D eigenvalue weighted by molar-refractivity contribution is 0.0992. The van der Waals surface area contributed by atoms with Crippen molar-refractivity contribution in [2.75, 3.05) is 19.5 Å². The van der Waals surface area contributed by atoms with E-state index < -0.39 is 0 Å². The molecular formula is C23H21NO4. The van der Waals surface area contributed by atoms with Crippen LogP contribution in [0.5, 0.6) is 11.5 Å². The Morgan fingerprint density at radius 1 is 0.821 bits per heavy atom. The molecule has 0 aromatic heterocycles. The molecule has 0 fully saturated rings. The normalized spacial score (nSPS) is 10.2. The van der Waals surface area contributed by atoms with E-state index in [9.17, 15) is 9.59 Å². The highest BCUT2D eigenvalue weighted by molar-refractivity contribution is 6.07. The van der Waals surface area contributed by atoms with Gasteiger partial charge in [0.1, 0.15) is 11.5 Å². The van der Waals surface area contributed by atoms with Gasteiger partial charge in [0.2, 0.25) is 0 Å². The number of nitrogens with one attached hydrogen (secondary N) is 1. The van der Waals surface area contributed by atoms with E-state index in [0.717, 1.165) is 0 Å². The summed E-state index contributed by atoms with van der Waals surface area (Å²) in [6, 6.07) is 21.2. The molecule has 0 heterocycles. The maximum Gasteiger partial charge on any atom is 0.255 e. The van der Waals surface area contributed by atoms with E-state index >= 15 is 0 Å². The highest BCUT2D eigenvalue weighted by atomic mass is 16.5. The molecule has 3 aromatic carbocycles. The van der Waals surface area contributed by atoms with Crippen molar-refractivity contribution >= 4 is 17.4 Å². The summed E-state index contributed by atoms with van der Waals surface area (Å²) in [6.07, 6.45) is 0.133. The molecule has 1 amide bonds. The second kappa shape index (κ2) is 8.86. The smallest absolute Gasteiger partial charge is 0.255 e. The van der Waals surface area contributed by atoms with Gasteiger partial charge < -0.3 is 14.8 Å². The van der Waals surface area contributed by atoms with Crippen LogP contribution in [0.4, 0.5) is 5.69 Å². The molecule has 1 N–H and O–H groups in total. The number of Topliss-reactive ketones (excluding diaryl/α,β-unsaturated/α-hetero) is 1. The molecule has 0 aliphatic rings. The molecule has 0 saturated carbocycles. The van der Waals surface area contributed by atoms with Crippen molar-refractivity contribution in [3.05, 3.63) is 89.5 Å². The van der Waals surface area contributed by atoms with Crippen molar-refractivity contribution in [2.45, 2.75) is 6.42 Å². The Hall–Kier alpha value is -3.60. The molecule has 0 atom stereocenters. The number of benzene rings is 3. The van der Waals surface area contributed by atoms with Crippen molar-refractivity contribution in [2.24, 2.45) is 0 Å².